The Labute approximate surface area is 261 Å². The highest BCUT2D eigenvalue weighted by atomic mass is 19.4. The number of rotatable bonds is 7. The van der Waals surface area contributed by atoms with E-state index in [1.807, 2.05) is 24.3 Å². The zero-order chi connectivity index (χ0) is 31.6. The van der Waals surface area contributed by atoms with Crippen LogP contribution in [0, 0.1) is 0 Å². The molecule has 0 unspecified atom stereocenters. The summed E-state index contributed by atoms with van der Waals surface area (Å²) in [5, 5.41) is 12.9. The van der Waals surface area contributed by atoms with E-state index in [1.54, 1.807) is 19.1 Å². The first-order valence-corrected chi connectivity index (χ1v) is 15.6. The number of nitrogens with zero attached hydrogens (tertiary/aromatic N) is 2. The lowest BCUT2D eigenvalue weighted by Crippen LogP contribution is -2.78. The van der Waals surface area contributed by atoms with Crippen molar-refractivity contribution < 1.29 is 32.5 Å². The first-order valence-electron chi connectivity index (χ1n) is 15.6. The molecule has 0 aromatic heterocycles. The van der Waals surface area contributed by atoms with Crippen LogP contribution in [0.4, 0.5) is 13.2 Å². The molecule has 2 fully saturated rings. The number of aliphatic hydroxyl groups is 1. The number of methoxy groups -OCH3 is 1. The van der Waals surface area contributed by atoms with Crippen LogP contribution in [0.2, 0.25) is 0 Å². The molecular formula is C36H37F3N2O4. The van der Waals surface area contributed by atoms with Crippen LogP contribution in [0.5, 0.6) is 11.5 Å². The fourth-order valence-corrected chi connectivity index (χ4v) is 8.60. The molecule has 2 heterocycles. The normalized spacial score (nSPS) is 28.4. The van der Waals surface area contributed by atoms with Crippen molar-refractivity contribution in [2.45, 2.75) is 67.5 Å². The minimum absolute atomic E-state index is 0.101. The van der Waals surface area contributed by atoms with Crippen LogP contribution in [-0.4, -0.2) is 71.8 Å². The van der Waals surface area contributed by atoms with Gasteiger partial charge >= 0.3 is 6.18 Å². The number of carbonyl (C=O) groups excluding carboxylic acids is 1. The second kappa shape index (κ2) is 10.9. The van der Waals surface area contributed by atoms with Gasteiger partial charge in [0.15, 0.2) is 11.5 Å². The standard InChI is InChI=1S/C36H37F3N2O4/c1-40(30(42)14-11-24-9-6-10-26(21-24)36(37,38)39)27-15-17-35(43)29-22-25-12-13-28(44-2)32-31(25)34(35,33(27)45-32)18-20-41(29)19-16-23-7-4-3-5-8-23/h3-14,21,27,29,33,43H,15-20,22H2,1-2H3/t27-,29+,33-,34-,35+/m0/s1. The Balaban J connectivity index is 1.20. The Morgan fingerprint density at radius 1 is 1.13 bits per heavy atom. The van der Waals surface area contributed by atoms with E-state index in [2.05, 4.69) is 23.1 Å². The Kier molecular flexibility index (Phi) is 7.24. The summed E-state index contributed by atoms with van der Waals surface area (Å²) in [6, 6.07) is 18.9. The molecular weight excluding hydrogens is 581 g/mol. The highest BCUT2D eigenvalue weighted by molar-refractivity contribution is 5.92. The van der Waals surface area contributed by atoms with Gasteiger partial charge in [0.1, 0.15) is 6.10 Å². The topological polar surface area (TPSA) is 62.2 Å². The van der Waals surface area contributed by atoms with Gasteiger partial charge in [-0.3, -0.25) is 9.69 Å². The van der Waals surface area contributed by atoms with E-state index in [-0.39, 0.29) is 18.0 Å². The zero-order valence-electron chi connectivity index (χ0n) is 25.4. The number of carbonyl (C=O) groups is 1. The number of alkyl halides is 3. The van der Waals surface area contributed by atoms with Gasteiger partial charge in [0, 0.05) is 31.3 Å². The van der Waals surface area contributed by atoms with Crippen molar-refractivity contribution in [1.82, 2.24) is 9.80 Å². The smallest absolute Gasteiger partial charge is 0.416 e. The molecule has 1 amide bonds. The van der Waals surface area contributed by atoms with Crippen LogP contribution < -0.4 is 9.47 Å². The first kappa shape index (κ1) is 29.9. The number of likely N-dealkylation sites (tertiary alicyclic amines) is 1. The van der Waals surface area contributed by atoms with Crippen molar-refractivity contribution >= 4 is 12.0 Å². The molecule has 0 radical (unpaired) electrons. The van der Waals surface area contributed by atoms with Gasteiger partial charge in [-0.05, 0) is 79.6 Å². The van der Waals surface area contributed by atoms with Crippen molar-refractivity contribution in [3.63, 3.8) is 0 Å². The van der Waals surface area contributed by atoms with Crippen LogP contribution in [0.15, 0.2) is 72.8 Å². The van der Waals surface area contributed by atoms with Crippen LogP contribution in [0.1, 0.15) is 47.1 Å². The second-order valence-electron chi connectivity index (χ2n) is 12.8. The molecule has 1 saturated carbocycles. The molecule has 7 rings (SSSR count). The minimum Gasteiger partial charge on any atom is -0.493 e. The number of hydrogen-bond acceptors (Lipinski definition) is 5. The van der Waals surface area contributed by atoms with Gasteiger partial charge < -0.3 is 19.5 Å². The van der Waals surface area contributed by atoms with Gasteiger partial charge in [-0.15, -0.1) is 0 Å². The summed E-state index contributed by atoms with van der Waals surface area (Å²) >= 11 is 0. The number of ether oxygens (including phenoxy) is 2. The molecule has 2 aliphatic carbocycles. The lowest BCUT2D eigenvalue weighted by Gasteiger charge is -2.64. The molecule has 3 aromatic rings. The second-order valence-corrected chi connectivity index (χ2v) is 12.8. The molecule has 3 aromatic carbocycles. The molecule has 45 heavy (non-hydrogen) atoms. The van der Waals surface area contributed by atoms with Crippen LogP contribution in [-0.2, 0) is 29.2 Å². The Morgan fingerprint density at radius 2 is 1.93 bits per heavy atom. The molecule has 4 aliphatic rings. The molecule has 236 valence electrons. The Bertz CT molecular complexity index is 1640. The highest BCUT2D eigenvalue weighted by Gasteiger charge is 2.73. The fourth-order valence-electron chi connectivity index (χ4n) is 8.60. The van der Waals surface area contributed by atoms with Crippen molar-refractivity contribution in [3.8, 4) is 11.5 Å². The van der Waals surface area contributed by atoms with Gasteiger partial charge in [0.25, 0.3) is 0 Å². The Morgan fingerprint density at radius 3 is 2.69 bits per heavy atom. The van der Waals surface area contributed by atoms with Gasteiger partial charge in [-0.1, -0.05) is 48.5 Å². The van der Waals surface area contributed by atoms with Crippen molar-refractivity contribution in [2.24, 2.45) is 0 Å². The maximum absolute atomic E-state index is 13.5. The van der Waals surface area contributed by atoms with E-state index in [0.717, 1.165) is 42.8 Å². The third-order valence-corrected chi connectivity index (χ3v) is 10.8. The van der Waals surface area contributed by atoms with Crippen LogP contribution in [0.3, 0.4) is 0 Å². The van der Waals surface area contributed by atoms with Crippen molar-refractivity contribution in [3.05, 3.63) is 101 Å². The van der Waals surface area contributed by atoms with Crippen LogP contribution in [0.25, 0.3) is 6.08 Å². The molecule has 2 bridgehead atoms. The Hall–Kier alpha value is -3.82. The van der Waals surface area contributed by atoms with Crippen molar-refractivity contribution in [1.29, 1.82) is 0 Å². The summed E-state index contributed by atoms with van der Waals surface area (Å²) in [6.45, 7) is 1.62. The van der Waals surface area contributed by atoms with Gasteiger partial charge in [0.2, 0.25) is 5.91 Å². The minimum atomic E-state index is -4.47. The molecule has 1 saturated heterocycles. The third-order valence-electron chi connectivity index (χ3n) is 10.8. The monoisotopic (exact) mass is 618 g/mol. The van der Waals surface area contributed by atoms with E-state index in [1.165, 1.54) is 29.8 Å². The summed E-state index contributed by atoms with van der Waals surface area (Å²) in [5.41, 5.74) is 1.16. The van der Waals surface area contributed by atoms with Crippen LogP contribution >= 0.6 is 0 Å². The average molecular weight is 619 g/mol. The zero-order valence-corrected chi connectivity index (χ0v) is 25.4. The van der Waals surface area contributed by atoms with E-state index >= 15 is 0 Å². The lowest BCUT2D eigenvalue weighted by molar-refractivity contribution is -0.199. The van der Waals surface area contributed by atoms with Gasteiger partial charge in [-0.2, -0.15) is 13.2 Å². The summed E-state index contributed by atoms with van der Waals surface area (Å²) in [7, 11) is 3.32. The molecule has 1 N–H and O–H groups in total. The molecule has 9 heteroatoms. The summed E-state index contributed by atoms with van der Waals surface area (Å²) in [6.07, 6.45) is 1.05. The fraction of sp³-hybridized carbons (Fsp3) is 0.417. The third kappa shape index (κ3) is 4.65. The molecule has 2 aliphatic heterocycles. The predicted molar refractivity (Wildman–Crippen MR) is 164 cm³/mol. The van der Waals surface area contributed by atoms with Crippen molar-refractivity contribution in [2.75, 3.05) is 27.2 Å². The lowest BCUT2D eigenvalue weighted by atomic mass is 9.48. The molecule has 6 nitrogen and oxygen atoms in total. The van der Waals surface area contributed by atoms with E-state index in [4.69, 9.17) is 9.47 Å². The van der Waals surface area contributed by atoms with E-state index in [0.29, 0.717) is 42.7 Å². The summed E-state index contributed by atoms with van der Waals surface area (Å²) in [4.78, 5) is 17.6. The van der Waals surface area contributed by atoms with Gasteiger partial charge in [0.05, 0.1) is 29.7 Å². The number of piperidine rings is 1. The molecule has 5 atom stereocenters. The van der Waals surface area contributed by atoms with E-state index < -0.39 is 28.9 Å². The SMILES string of the molecule is COc1ccc2c3c1O[C@H]1[C@@H](N(C)C(=O)C=Cc4cccc(C(F)(F)F)c4)CC[C@@]4(O)[C@@H](C2)N(CCc2ccccc2)CC[C@]314. The number of benzene rings is 3. The largest absolute Gasteiger partial charge is 0.493 e. The molecule has 1 spiro atoms. The first-order chi connectivity index (χ1) is 21.6. The number of likely N-dealkylation sites (N-methyl/N-ethyl adjacent to an activating group) is 1. The quantitative estimate of drug-likeness (QED) is 0.347. The summed E-state index contributed by atoms with van der Waals surface area (Å²) in [5.74, 6) is 0.933. The highest BCUT2D eigenvalue weighted by Crippen LogP contribution is 2.66. The number of amides is 1. The summed E-state index contributed by atoms with van der Waals surface area (Å²) < 4.78 is 52.2. The number of hydrogen-bond donors (Lipinski definition) is 1. The van der Waals surface area contributed by atoms with E-state index in [9.17, 15) is 23.1 Å². The maximum atomic E-state index is 13.5. The number of halogens is 3. The average Bonchev–Trinajstić information content (AvgIpc) is 3.38. The maximum Gasteiger partial charge on any atom is 0.416 e. The predicted octanol–water partition coefficient (Wildman–Crippen LogP) is 5.65. The van der Waals surface area contributed by atoms with Gasteiger partial charge in [-0.25, -0.2) is 0 Å².